The molecule has 2 rings (SSSR count). The van der Waals surface area contributed by atoms with Crippen LogP contribution < -0.4 is 11.1 Å². The molecule has 0 fully saturated rings. The van der Waals surface area contributed by atoms with E-state index in [1.54, 1.807) is 24.5 Å². The Morgan fingerprint density at radius 1 is 1.33 bits per heavy atom. The van der Waals surface area contributed by atoms with Crippen LogP contribution in [0.1, 0.15) is 24.3 Å². The second-order valence-electron chi connectivity index (χ2n) is 4.22. The van der Waals surface area contributed by atoms with Gasteiger partial charge >= 0.3 is 0 Å². The number of nitrogens with two attached hydrogens (primary N) is 1. The van der Waals surface area contributed by atoms with Gasteiger partial charge in [-0.1, -0.05) is 12.1 Å². The fourth-order valence-electron chi connectivity index (χ4n) is 1.72. The maximum Gasteiger partial charge on any atom is 0.224 e. The molecule has 0 saturated heterocycles. The van der Waals surface area contributed by atoms with Gasteiger partial charge in [-0.25, -0.2) is 0 Å². The minimum Gasteiger partial charge on any atom is -0.467 e. The Bertz CT molecular complexity index is 503. The molecule has 2 aromatic rings. The number of hydrogen-bond acceptors (Lipinski definition) is 3. The smallest absolute Gasteiger partial charge is 0.224 e. The molecule has 1 unspecified atom stereocenters. The van der Waals surface area contributed by atoms with Crippen molar-refractivity contribution in [1.29, 1.82) is 0 Å². The molecule has 0 aliphatic rings. The lowest BCUT2D eigenvalue weighted by molar-refractivity contribution is -0.121. The van der Waals surface area contributed by atoms with Gasteiger partial charge in [-0.05, 0) is 36.8 Å². The van der Waals surface area contributed by atoms with Gasteiger partial charge in [0.25, 0.3) is 0 Å². The third kappa shape index (κ3) is 3.13. The number of benzene rings is 1. The van der Waals surface area contributed by atoms with Crippen molar-refractivity contribution in [1.82, 2.24) is 5.32 Å². The predicted molar refractivity (Wildman–Crippen MR) is 69.8 cm³/mol. The molecule has 1 aromatic heterocycles. The Hall–Kier alpha value is -2.23. The number of carbonyl (C=O) groups excluding carboxylic acids is 1. The molecule has 1 atom stereocenters. The fourth-order valence-corrected chi connectivity index (χ4v) is 1.72. The molecule has 0 radical (unpaired) electrons. The standard InChI is InChI=1S/C14H16N2O2/c1-10(13-3-2-8-18-13)16-14(17)9-11-4-6-12(15)7-5-11/h2-8,10H,9,15H2,1H3,(H,16,17). The summed E-state index contributed by atoms with van der Waals surface area (Å²) in [6.07, 6.45) is 1.93. The van der Waals surface area contributed by atoms with E-state index in [2.05, 4.69) is 5.32 Å². The van der Waals surface area contributed by atoms with Crippen LogP contribution in [-0.4, -0.2) is 5.91 Å². The third-order valence-electron chi connectivity index (χ3n) is 2.69. The van der Waals surface area contributed by atoms with Crippen molar-refractivity contribution in [2.45, 2.75) is 19.4 Å². The van der Waals surface area contributed by atoms with E-state index in [0.29, 0.717) is 12.1 Å². The van der Waals surface area contributed by atoms with Crippen molar-refractivity contribution in [3.8, 4) is 0 Å². The minimum atomic E-state index is -0.124. The van der Waals surface area contributed by atoms with Gasteiger partial charge in [0.2, 0.25) is 5.91 Å². The van der Waals surface area contributed by atoms with Gasteiger partial charge in [0, 0.05) is 5.69 Å². The van der Waals surface area contributed by atoms with Crippen molar-refractivity contribution >= 4 is 11.6 Å². The monoisotopic (exact) mass is 244 g/mol. The summed E-state index contributed by atoms with van der Waals surface area (Å²) in [5.74, 6) is 0.712. The quantitative estimate of drug-likeness (QED) is 0.811. The number of furan rings is 1. The highest BCUT2D eigenvalue weighted by molar-refractivity contribution is 5.79. The molecule has 94 valence electrons. The fraction of sp³-hybridized carbons (Fsp3) is 0.214. The summed E-state index contributed by atoms with van der Waals surface area (Å²) in [4.78, 5) is 11.8. The second kappa shape index (κ2) is 5.40. The zero-order valence-corrected chi connectivity index (χ0v) is 10.2. The van der Waals surface area contributed by atoms with Crippen LogP contribution in [0.5, 0.6) is 0 Å². The Kier molecular flexibility index (Phi) is 3.67. The van der Waals surface area contributed by atoms with Crippen LogP contribution in [-0.2, 0) is 11.2 Å². The van der Waals surface area contributed by atoms with Crippen molar-refractivity contribution in [3.05, 3.63) is 54.0 Å². The Labute approximate surface area is 106 Å². The van der Waals surface area contributed by atoms with Crippen molar-refractivity contribution in [2.24, 2.45) is 0 Å². The average Bonchev–Trinajstić information content (AvgIpc) is 2.85. The summed E-state index contributed by atoms with van der Waals surface area (Å²) in [7, 11) is 0. The number of nitrogen functional groups attached to an aromatic ring is 1. The SMILES string of the molecule is CC(NC(=O)Cc1ccc(N)cc1)c1ccco1. The van der Waals surface area contributed by atoms with E-state index >= 15 is 0 Å². The zero-order valence-electron chi connectivity index (χ0n) is 10.2. The average molecular weight is 244 g/mol. The van der Waals surface area contributed by atoms with Crippen LogP contribution >= 0.6 is 0 Å². The molecule has 1 amide bonds. The third-order valence-corrected chi connectivity index (χ3v) is 2.69. The summed E-state index contributed by atoms with van der Waals surface area (Å²) < 4.78 is 5.23. The van der Waals surface area contributed by atoms with E-state index < -0.39 is 0 Å². The van der Waals surface area contributed by atoms with Gasteiger partial charge < -0.3 is 15.5 Å². The van der Waals surface area contributed by atoms with Crippen LogP contribution in [0.4, 0.5) is 5.69 Å². The highest BCUT2D eigenvalue weighted by atomic mass is 16.3. The maximum atomic E-state index is 11.8. The van der Waals surface area contributed by atoms with E-state index in [0.717, 1.165) is 11.3 Å². The highest BCUT2D eigenvalue weighted by Gasteiger charge is 2.11. The topological polar surface area (TPSA) is 68.3 Å². The van der Waals surface area contributed by atoms with Gasteiger partial charge in [0.05, 0.1) is 18.7 Å². The molecule has 4 nitrogen and oxygen atoms in total. The molecule has 0 saturated carbocycles. The number of hydrogen-bond donors (Lipinski definition) is 2. The van der Waals surface area contributed by atoms with E-state index in [9.17, 15) is 4.79 Å². The van der Waals surface area contributed by atoms with Gasteiger partial charge in [0.15, 0.2) is 0 Å². The maximum absolute atomic E-state index is 11.8. The molecule has 0 bridgehead atoms. The molecule has 0 spiro atoms. The number of anilines is 1. The molecule has 18 heavy (non-hydrogen) atoms. The van der Waals surface area contributed by atoms with E-state index in [4.69, 9.17) is 10.2 Å². The second-order valence-corrected chi connectivity index (χ2v) is 4.22. The predicted octanol–water partition coefficient (Wildman–Crippen LogP) is 2.28. The highest BCUT2D eigenvalue weighted by Crippen LogP contribution is 2.13. The first-order valence-electron chi connectivity index (χ1n) is 5.82. The van der Waals surface area contributed by atoms with Crippen molar-refractivity contribution < 1.29 is 9.21 Å². The molecule has 4 heteroatoms. The van der Waals surface area contributed by atoms with Crippen molar-refractivity contribution in [2.75, 3.05) is 5.73 Å². The molecule has 1 heterocycles. The largest absolute Gasteiger partial charge is 0.467 e. The molecule has 0 aliphatic heterocycles. The van der Waals surface area contributed by atoms with Gasteiger partial charge in [0.1, 0.15) is 5.76 Å². The normalized spacial score (nSPS) is 12.1. The first kappa shape index (κ1) is 12.2. The van der Waals surface area contributed by atoms with Crippen LogP contribution in [0.25, 0.3) is 0 Å². The van der Waals surface area contributed by atoms with Gasteiger partial charge in [-0.15, -0.1) is 0 Å². The number of rotatable bonds is 4. The zero-order chi connectivity index (χ0) is 13.0. The first-order valence-corrected chi connectivity index (χ1v) is 5.82. The summed E-state index contributed by atoms with van der Waals surface area (Å²) in [5, 5.41) is 2.88. The molecular weight excluding hydrogens is 228 g/mol. The minimum absolute atomic E-state index is 0.0383. The summed E-state index contributed by atoms with van der Waals surface area (Å²) >= 11 is 0. The first-order chi connectivity index (χ1) is 8.65. The molecule has 0 aliphatic carbocycles. The Morgan fingerprint density at radius 2 is 2.06 bits per heavy atom. The van der Waals surface area contributed by atoms with E-state index in [-0.39, 0.29) is 11.9 Å². The Morgan fingerprint density at radius 3 is 2.67 bits per heavy atom. The van der Waals surface area contributed by atoms with Crippen LogP contribution in [0.3, 0.4) is 0 Å². The van der Waals surface area contributed by atoms with Crippen LogP contribution in [0.2, 0.25) is 0 Å². The van der Waals surface area contributed by atoms with Crippen LogP contribution in [0.15, 0.2) is 47.1 Å². The number of nitrogens with one attached hydrogen (secondary N) is 1. The lowest BCUT2D eigenvalue weighted by Gasteiger charge is -2.11. The number of carbonyl (C=O) groups is 1. The number of amides is 1. The van der Waals surface area contributed by atoms with E-state index in [1.165, 1.54) is 0 Å². The Balaban J connectivity index is 1.91. The lowest BCUT2D eigenvalue weighted by atomic mass is 10.1. The van der Waals surface area contributed by atoms with Gasteiger partial charge in [-0.3, -0.25) is 4.79 Å². The van der Waals surface area contributed by atoms with E-state index in [1.807, 2.05) is 25.1 Å². The summed E-state index contributed by atoms with van der Waals surface area (Å²) in [6, 6.07) is 10.8. The van der Waals surface area contributed by atoms with Crippen molar-refractivity contribution in [3.63, 3.8) is 0 Å². The molecular formula is C14H16N2O2. The molecule has 1 aromatic carbocycles. The lowest BCUT2D eigenvalue weighted by Crippen LogP contribution is -2.27. The van der Waals surface area contributed by atoms with Gasteiger partial charge in [-0.2, -0.15) is 0 Å². The van der Waals surface area contributed by atoms with Crippen LogP contribution in [0, 0.1) is 0 Å². The summed E-state index contributed by atoms with van der Waals surface area (Å²) in [6.45, 7) is 1.89. The summed E-state index contributed by atoms with van der Waals surface area (Å²) in [5.41, 5.74) is 7.23. The molecule has 3 N–H and O–H groups in total.